The number of benzene rings is 1. The smallest absolute Gasteiger partial charge is 0.226 e. The van der Waals surface area contributed by atoms with Gasteiger partial charge in [0.1, 0.15) is 0 Å². The number of anilines is 1. The average Bonchev–Trinajstić information content (AvgIpc) is 2.49. The molecule has 1 aromatic carbocycles. The maximum absolute atomic E-state index is 5.76. The molecule has 0 saturated carbocycles. The molecule has 20 heavy (non-hydrogen) atoms. The lowest BCUT2D eigenvalue weighted by molar-refractivity contribution is 0.809. The minimum atomic E-state index is 0.426. The van der Waals surface area contributed by atoms with E-state index < -0.39 is 0 Å². The number of hydrogen-bond donors (Lipinski definition) is 1. The topological polar surface area (TPSA) is 55.0 Å². The van der Waals surface area contributed by atoms with Gasteiger partial charge in [0.25, 0.3) is 0 Å². The van der Waals surface area contributed by atoms with Crippen LogP contribution in [-0.4, -0.2) is 23.1 Å². The second kappa shape index (κ2) is 6.48. The van der Waals surface area contributed by atoms with Gasteiger partial charge in [0.2, 0.25) is 5.95 Å². The van der Waals surface area contributed by atoms with Crippen molar-refractivity contribution < 1.29 is 0 Å². The molecular formula is C16H22N4. The van der Waals surface area contributed by atoms with Crippen molar-refractivity contribution in [3.05, 3.63) is 41.6 Å². The van der Waals surface area contributed by atoms with Crippen LogP contribution in [0.1, 0.15) is 25.1 Å². The zero-order valence-electron chi connectivity index (χ0n) is 12.4. The van der Waals surface area contributed by atoms with Gasteiger partial charge in [-0.05, 0) is 26.8 Å². The molecule has 0 aliphatic rings. The number of nitrogens with zero attached hydrogens (tertiary/aromatic N) is 3. The van der Waals surface area contributed by atoms with Crippen LogP contribution in [-0.2, 0) is 6.54 Å². The summed E-state index contributed by atoms with van der Waals surface area (Å²) >= 11 is 0. The van der Waals surface area contributed by atoms with Crippen LogP contribution in [0.25, 0.3) is 11.3 Å². The van der Waals surface area contributed by atoms with Crippen molar-refractivity contribution in [3.63, 3.8) is 0 Å². The summed E-state index contributed by atoms with van der Waals surface area (Å²) in [6, 6.07) is 10.3. The van der Waals surface area contributed by atoms with Gasteiger partial charge in [-0.1, -0.05) is 29.8 Å². The lowest BCUT2D eigenvalue weighted by atomic mass is 10.1. The standard InChI is InChI=1S/C16H22N4/c1-4-20(5-2)16-18-14(11-17)10-15(19-16)13-8-6-12(3)7-9-13/h6-10H,4-5,11,17H2,1-3H3. The summed E-state index contributed by atoms with van der Waals surface area (Å²) in [6.07, 6.45) is 0. The van der Waals surface area contributed by atoms with Gasteiger partial charge in [-0.25, -0.2) is 9.97 Å². The molecule has 1 heterocycles. The Morgan fingerprint density at radius 1 is 1.05 bits per heavy atom. The van der Waals surface area contributed by atoms with Gasteiger partial charge >= 0.3 is 0 Å². The first-order valence-electron chi connectivity index (χ1n) is 7.08. The molecule has 0 aliphatic heterocycles. The van der Waals surface area contributed by atoms with Crippen molar-refractivity contribution in [3.8, 4) is 11.3 Å². The highest BCUT2D eigenvalue weighted by Crippen LogP contribution is 2.21. The van der Waals surface area contributed by atoms with Gasteiger partial charge in [-0.3, -0.25) is 0 Å². The summed E-state index contributed by atoms with van der Waals surface area (Å²) in [4.78, 5) is 11.3. The fourth-order valence-electron chi connectivity index (χ4n) is 2.11. The van der Waals surface area contributed by atoms with Gasteiger partial charge in [-0.2, -0.15) is 0 Å². The Morgan fingerprint density at radius 2 is 1.70 bits per heavy atom. The van der Waals surface area contributed by atoms with Gasteiger partial charge in [0.15, 0.2) is 0 Å². The van der Waals surface area contributed by atoms with Gasteiger partial charge in [-0.15, -0.1) is 0 Å². The number of nitrogens with two attached hydrogens (primary N) is 1. The first kappa shape index (κ1) is 14.5. The second-order valence-electron chi connectivity index (χ2n) is 4.79. The zero-order chi connectivity index (χ0) is 14.5. The lowest BCUT2D eigenvalue weighted by Gasteiger charge is -2.19. The van der Waals surface area contributed by atoms with Crippen molar-refractivity contribution in [2.24, 2.45) is 5.73 Å². The molecule has 4 heteroatoms. The van der Waals surface area contributed by atoms with Gasteiger partial charge < -0.3 is 10.6 Å². The number of aryl methyl sites for hydroxylation is 1. The minimum absolute atomic E-state index is 0.426. The third-order valence-corrected chi connectivity index (χ3v) is 3.37. The Kier molecular flexibility index (Phi) is 4.69. The van der Waals surface area contributed by atoms with Crippen LogP contribution in [0.2, 0.25) is 0 Å². The molecular weight excluding hydrogens is 248 g/mol. The quantitative estimate of drug-likeness (QED) is 0.907. The monoisotopic (exact) mass is 270 g/mol. The number of rotatable bonds is 5. The molecule has 4 nitrogen and oxygen atoms in total. The summed E-state index contributed by atoms with van der Waals surface area (Å²) in [6.45, 7) is 8.49. The van der Waals surface area contributed by atoms with E-state index in [1.807, 2.05) is 6.07 Å². The summed E-state index contributed by atoms with van der Waals surface area (Å²) in [5, 5.41) is 0. The largest absolute Gasteiger partial charge is 0.341 e. The highest BCUT2D eigenvalue weighted by atomic mass is 15.2. The molecule has 106 valence electrons. The van der Waals surface area contributed by atoms with Crippen molar-refractivity contribution in [2.75, 3.05) is 18.0 Å². The molecule has 0 bridgehead atoms. The van der Waals surface area contributed by atoms with E-state index in [1.165, 1.54) is 5.56 Å². The van der Waals surface area contributed by atoms with Crippen LogP contribution in [0, 0.1) is 6.92 Å². The third kappa shape index (κ3) is 3.14. The molecule has 0 spiro atoms. The summed E-state index contributed by atoms with van der Waals surface area (Å²) in [5.41, 5.74) is 9.91. The number of aromatic nitrogens is 2. The van der Waals surface area contributed by atoms with Crippen LogP contribution in [0.4, 0.5) is 5.95 Å². The fraction of sp³-hybridized carbons (Fsp3) is 0.375. The lowest BCUT2D eigenvalue weighted by Crippen LogP contribution is -2.25. The van der Waals surface area contributed by atoms with E-state index in [2.05, 4.69) is 59.9 Å². The van der Waals surface area contributed by atoms with E-state index in [4.69, 9.17) is 5.73 Å². The van der Waals surface area contributed by atoms with Crippen LogP contribution >= 0.6 is 0 Å². The van der Waals surface area contributed by atoms with E-state index in [1.54, 1.807) is 0 Å². The van der Waals surface area contributed by atoms with Crippen molar-refractivity contribution >= 4 is 5.95 Å². The third-order valence-electron chi connectivity index (χ3n) is 3.37. The Morgan fingerprint density at radius 3 is 2.25 bits per heavy atom. The molecule has 0 aliphatic carbocycles. The molecule has 0 radical (unpaired) electrons. The summed E-state index contributed by atoms with van der Waals surface area (Å²) < 4.78 is 0. The molecule has 0 amide bonds. The fourth-order valence-corrected chi connectivity index (χ4v) is 2.11. The summed E-state index contributed by atoms with van der Waals surface area (Å²) in [7, 11) is 0. The molecule has 0 fully saturated rings. The van der Waals surface area contributed by atoms with E-state index in [0.29, 0.717) is 6.54 Å². The first-order chi connectivity index (χ1) is 9.67. The Balaban J connectivity index is 2.47. The maximum Gasteiger partial charge on any atom is 0.226 e. The Hall–Kier alpha value is -1.94. The zero-order valence-corrected chi connectivity index (χ0v) is 12.4. The van der Waals surface area contributed by atoms with E-state index in [9.17, 15) is 0 Å². The van der Waals surface area contributed by atoms with E-state index in [0.717, 1.165) is 36.0 Å². The van der Waals surface area contributed by atoms with E-state index in [-0.39, 0.29) is 0 Å². The number of hydrogen-bond acceptors (Lipinski definition) is 4. The van der Waals surface area contributed by atoms with E-state index >= 15 is 0 Å². The normalized spacial score (nSPS) is 10.6. The van der Waals surface area contributed by atoms with Crippen LogP contribution in [0.5, 0.6) is 0 Å². The maximum atomic E-state index is 5.76. The first-order valence-corrected chi connectivity index (χ1v) is 7.08. The Bertz CT molecular complexity index is 559. The molecule has 2 aromatic rings. The van der Waals surface area contributed by atoms with Crippen LogP contribution in [0.3, 0.4) is 0 Å². The molecule has 0 saturated heterocycles. The van der Waals surface area contributed by atoms with Crippen LogP contribution < -0.4 is 10.6 Å². The SMILES string of the molecule is CCN(CC)c1nc(CN)cc(-c2ccc(C)cc2)n1. The predicted molar refractivity (Wildman–Crippen MR) is 83.7 cm³/mol. The van der Waals surface area contributed by atoms with Crippen molar-refractivity contribution in [2.45, 2.75) is 27.3 Å². The molecule has 2 N–H and O–H groups in total. The minimum Gasteiger partial charge on any atom is -0.341 e. The van der Waals surface area contributed by atoms with Crippen molar-refractivity contribution in [1.82, 2.24) is 9.97 Å². The predicted octanol–water partition coefficient (Wildman–Crippen LogP) is 2.76. The van der Waals surface area contributed by atoms with Gasteiger partial charge in [0, 0.05) is 25.2 Å². The molecule has 1 aromatic heterocycles. The Labute approximate surface area is 120 Å². The van der Waals surface area contributed by atoms with Crippen molar-refractivity contribution in [1.29, 1.82) is 0 Å². The van der Waals surface area contributed by atoms with Crippen LogP contribution in [0.15, 0.2) is 30.3 Å². The molecule has 0 atom stereocenters. The average molecular weight is 270 g/mol. The second-order valence-corrected chi connectivity index (χ2v) is 4.79. The van der Waals surface area contributed by atoms with Gasteiger partial charge in [0.05, 0.1) is 11.4 Å². The molecule has 0 unspecified atom stereocenters. The highest BCUT2D eigenvalue weighted by Gasteiger charge is 2.10. The molecule has 2 rings (SSSR count). The highest BCUT2D eigenvalue weighted by molar-refractivity contribution is 5.61. The summed E-state index contributed by atoms with van der Waals surface area (Å²) in [5.74, 6) is 0.758.